The monoisotopic (exact) mass is 537 g/mol. The van der Waals surface area contributed by atoms with Crippen molar-refractivity contribution in [1.29, 1.82) is 0 Å². The number of rotatable bonds is 10. The standard InChI is InChI=1S/C29H25F2NO5S/c1-36-26-12-4-21(5-13-26)18-29(33)32(19-22-2-8-24(30)9-3-22)20-23-6-14-27(15-7-23)37-38(34,35)28-16-10-25(31)11-17-28/h2-17H,18-20H2,1H3. The van der Waals surface area contributed by atoms with Crippen molar-refractivity contribution >= 4 is 16.0 Å². The molecule has 196 valence electrons. The molecule has 0 heterocycles. The van der Waals surface area contributed by atoms with E-state index in [0.717, 1.165) is 41.0 Å². The van der Waals surface area contributed by atoms with Crippen LogP contribution in [0.15, 0.2) is 102 Å². The van der Waals surface area contributed by atoms with Gasteiger partial charge in [0.25, 0.3) is 0 Å². The summed E-state index contributed by atoms with van der Waals surface area (Å²) in [4.78, 5) is 14.7. The van der Waals surface area contributed by atoms with Crippen molar-refractivity contribution in [3.63, 3.8) is 0 Å². The zero-order chi connectivity index (χ0) is 27.1. The van der Waals surface area contributed by atoms with Crippen LogP contribution < -0.4 is 8.92 Å². The SMILES string of the molecule is COc1ccc(CC(=O)N(Cc2ccc(F)cc2)Cc2ccc(OS(=O)(=O)c3ccc(F)cc3)cc2)cc1. The summed E-state index contributed by atoms with van der Waals surface area (Å²) < 4.78 is 61.8. The lowest BCUT2D eigenvalue weighted by Gasteiger charge is -2.23. The van der Waals surface area contributed by atoms with Gasteiger partial charge in [-0.15, -0.1) is 0 Å². The van der Waals surface area contributed by atoms with Crippen LogP contribution in [-0.2, 0) is 34.4 Å². The molecule has 4 aromatic rings. The Bertz CT molecular complexity index is 1470. The predicted molar refractivity (Wildman–Crippen MR) is 138 cm³/mol. The van der Waals surface area contributed by atoms with Gasteiger partial charge < -0.3 is 13.8 Å². The van der Waals surface area contributed by atoms with Gasteiger partial charge in [0, 0.05) is 13.1 Å². The molecule has 0 saturated heterocycles. The quantitative estimate of drug-likeness (QED) is 0.250. The van der Waals surface area contributed by atoms with Gasteiger partial charge in [0.15, 0.2) is 0 Å². The van der Waals surface area contributed by atoms with Crippen molar-refractivity contribution in [2.75, 3.05) is 7.11 Å². The van der Waals surface area contributed by atoms with E-state index in [1.807, 2.05) is 12.1 Å². The second-order valence-electron chi connectivity index (χ2n) is 8.54. The molecule has 9 heteroatoms. The fourth-order valence-corrected chi connectivity index (χ4v) is 4.65. The van der Waals surface area contributed by atoms with Crippen molar-refractivity contribution < 1.29 is 30.9 Å². The van der Waals surface area contributed by atoms with E-state index in [-0.39, 0.29) is 41.9 Å². The van der Waals surface area contributed by atoms with Crippen LogP contribution in [0.25, 0.3) is 0 Å². The molecule has 0 aliphatic heterocycles. The van der Waals surface area contributed by atoms with Crippen molar-refractivity contribution in [2.45, 2.75) is 24.4 Å². The fraction of sp³-hybridized carbons (Fsp3) is 0.138. The molecule has 0 saturated carbocycles. The van der Waals surface area contributed by atoms with Gasteiger partial charge in [0.1, 0.15) is 28.0 Å². The normalized spacial score (nSPS) is 11.1. The van der Waals surface area contributed by atoms with Gasteiger partial charge in [-0.2, -0.15) is 8.42 Å². The molecule has 6 nitrogen and oxygen atoms in total. The Balaban J connectivity index is 1.49. The third-order valence-corrected chi connectivity index (χ3v) is 7.02. The molecule has 38 heavy (non-hydrogen) atoms. The number of ether oxygens (including phenoxy) is 1. The Morgan fingerprint density at radius 1 is 0.684 bits per heavy atom. The van der Waals surface area contributed by atoms with E-state index in [4.69, 9.17) is 8.92 Å². The molecule has 0 aliphatic carbocycles. The molecule has 0 atom stereocenters. The van der Waals surface area contributed by atoms with E-state index in [1.54, 1.807) is 48.4 Å². The maximum atomic E-state index is 13.4. The van der Waals surface area contributed by atoms with Gasteiger partial charge in [-0.25, -0.2) is 8.78 Å². The van der Waals surface area contributed by atoms with Crippen LogP contribution in [0.5, 0.6) is 11.5 Å². The summed E-state index contributed by atoms with van der Waals surface area (Å²) in [7, 11) is -2.57. The number of carbonyl (C=O) groups excluding carboxylic acids is 1. The molecular weight excluding hydrogens is 512 g/mol. The maximum absolute atomic E-state index is 13.4. The van der Waals surface area contributed by atoms with Gasteiger partial charge in [0.2, 0.25) is 5.91 Å². The lowest BCUT2D eigenvalue weighted by molar-refractivity contribution is -0.131. The molecule has 0 radical (unpaired) electrons. The molecule has 0 unspecified atom stereocenters. The van der Waals surface area contributed by atoms with Crippen LogP contribution >= 0.6 is 0 Å². The first-order valence-corrected chi connectivity index (χ1v) is 13.1. The summed E-state index contributed by atoms with van der Waals surface area (Å²) in [5.74, 6) is -0.296. The zero-order valence-electron chi connectivity index (χ0n) is 20.5. The summed E-state index contributed by atoms with van der Waals surface area (Å²) in [5.41, 5.74) is 2.32. The van der Waals surface area contributed by atoms with E-state index >= 15 is 0 Å². The Morgan fingerprint density at radius 3 is 1.66 bits per heavy atom. The number of hydrogen-bond donors (Lipinski definition) is 0. The summed E-state index contributed by atoms with van der Waals surface area (Å²) in [6.07, 6.45) is 0.155. The minimum atomic E-state index is -4.13. The first-order valence-electron chi connectivity index (χ1n) is 11.7. The van der Waals surface area contributed by atoms with E-state index in [0.29, 0.717) is 5.75 Å². The third kappa shape index (κ3) is 7.17. The zero-order valence-corrected chi connectivity index (χ0v) is 21.3. The molecule has 4 aromatic carbocycles. The van der Waals surface area contributed by atoms with Gasteiger partial charge in [0.05, 0.1) is 13.5 Å². The number of benzene rings is 4. The van der Waals surface area contributed by atoms with E-state index < -0.39 is 15.9 Å². The summed E-state index contributed by atoms with van der Waals surface area (Å²) in [6, 6.07) is 23.8. The summed E-state index contributed by atoms with van der Waals surface area (Å²) in [6.45, 7) is 0.490. The van der Waals surface area contributed by atoms with Gasteiger partial charge in [-0.3, -0.25) is 4.79 Å². The second-order valence-corrected chi connectivity index (χ2v) is 10.1. The van der Waals surface area contributed by atoms with Crippen LogP contribution in [0.4, 0.5) is 8.78 Å². The van der Waals surface area contributed by atoms with Crippen LogP contribution in [0.3, 0.4) is 0 Å². The Hall–Kier alpha value is -4.24. The number of amides is 1. The predicted octanol–water partition coefficient (Wildman–Crippen LogP) is 5.51. The molecule has 0 spiro atoms. The van der Waals surface area contributed by atoms with Crippen LogP contribution in [0.2, 0.25) is 0 Å². The van der Waals surface area contributed by atoms with E-state index in [1.165, 1.54) is 24.3 Å². The van der Waals surface area contributed by atoms with Crippen LogP contribution in [0, 0.1) is 11.6 Å². The van der Waals surface area contributed by atoms with Gasteiger partial charge in [-0.05, 0) is 77.4 Å². The molecule has 4 rings (SSSR count). The Kier molecular flexibility index (Phi) is 8.38. The molecule has 0 fully saturated rings. The second kappa shape index (κ2) is 11.9. The number of hydrogen-bond acceptors (Lipinski definition) is 5. The molecule has 1 amide bonds. The Labute approximate surface area is 220 Å². The van der Waals surface area contributed by atoms with Gasteiger partial charge >= 0.3 is 10.1 Å². The van der Waals surface area contributed by atoms with Crippen molar-refractivity contribution in [2.24, 2.45) is 0 Å². The van der Waals surface area contributed by atoms with E-state index in [9.17, 15) is 22.0 Å². The lowest BCUT2D eigenvalue weighted by atomic mass is 10.1. The highest BCUT2D eigenvalue weighted by molar-refractivity contribution is 7.87. The number of carbonyl (C=O) groups is 1. The average Bonchev–Trinajstić information content (AvgIpc) is 2.91. The first kappa shape index (κ1) is 26.8. The molecule has 0 aliphatic rings. The smallest absolute Gasteiger partial charge is 0.339 e. The van der Waals surface area contributed by atoms with Crippen molar-refractivity contribution in [3.8, 4) is 11.5 Å². The van der Waals surface area contributed by atoms with Crippen molar-refractivity contribution in [1.82, 2.24) is 4.90 Å². The topological polar surface area (TPSA) is 72.9 Å². The summed E-state index contributed by atoms with van der Waals surface area (Å²) >= 11 is 0. The highest BCUT2D eigenvalue weighted by Crippen LogP contribution is 2.21. The highest BCUT2D eigenvalue weighted by Gasteiger charge is 2.18. The number of methoxy groups -OCH3 is 1. The fourth-order valence-electron chi connectivity index (χ4n) is 3.72. The highest BCUT2D eigenvalue weighted by atomic mass is 32.2. The lowest BCUT2D eigenvalue weighted by Crippen LogP contribution is -2.31. The average molecular weight is 538 g/mol. The molecule has 0 bridgehead atoms. The third-order valence-electron chi connectivity index (χ3n) is 5.76. The number of nitrogens with zero attached hydrogens (tertiary/aromatic N) is 1. The maximum Gasteiger partial charge on any atom is 0.339 e. The van der Waals surface area contributed by atoms with E-state index in [2.05, 4.69) is 0 Å². The first-order chi connectivity index (χ1) is 18.2. The Morgan fingerprint density at radius 2 is 1.13 bits per heavy atom. The summed E-state index contributed by atoms with van der Waals surface area (Å²) in [5, 5.41) is 0. The molecular formula is C29H25F2NO5S. The minimum Gasteiger partial charge on any atom is -0.497 e. The largest absolute Gasteiger partial charge is 0.497 e. The van der Waals surface area contributed by atoms with Crippen LogP contribution in [-0.4, -0.2) is 26.3 Å². The van der Waals surface area contributed by atoms with Gasteiger partial charge in [-0.1, -0.05) is 36.4 Å². The number of halogens is 2. The van der Waals surface area contributed by atoms with Crippen molar-refractivity contribution in [3.05, 3.63) is 125 Å². The minimum absolute atomic E-state index is 0.0766. The molecule has 0 N–H and O–H groups in total. The van der Waals surface area contributed by atoms with Crippen LogP contribution in [0.1, 0.15) is 16.7 Å². The molecule has 0 aromatic heterocycles.